The Morgan fingerprint density at radius 3 is 2.14 bits per heavy atom. The van der Waals surface area contributed by atoms with Crippen LogP contribution in [0.2, 0.25) is 0 Å². The van der Waals surface area contributed by atoms with Gasteiger partial charge in [0.05, 0.1) is 0 Å². The number of hydrogen-bond acceptors (Lipinski definition) is 4. The van der Waals surface area contributed by atoms with Crippen molar-refractivity contribution >= 4 is 16.1 Å². The fraction of sp³-hybridized carbons (Fsp3) is 0.500. The molecule has 122 valence electrons. The van der Waals surface area contributed by atoms with Gasteiger partial charge in [0.25, 0.3) is 10.2 Å². The van der Waals surface area contributed by atoms with E-state index in [0.717, 1.165) is 5.56 Å². The van der Waals surface area contributed by atoms with Gasteiger partial charge in [0.15, 0.2) is 0 Å². The molecule has 1 fully saturated rings. The predicted octanol–water partition coefficient (Wildman–Crippen LogP) is -0.363. The fourth-order valence-electron chi connectivity index (χ4n) is 2.61. The van der Waals surface area contributed by atoms with Crippen molar-refractivity contribution in [1.29, 1.82) is 0 Å². The van der Waals surface area contributed by atoms with Gasteiger partial charge < -0.3 is 4.90 Å². The molecule has 0 bridgehead atoms. The highest BCUT2D eigenvalue weighted by atomic mass is 32.2. The van der Waals surface area contributed by atoms with Crippen molar-refractivity contribution in [2.75, 3.05) is 40.3 Å². The van der Waals surface area contributed by atoms with E-state index in [9.17, 15) is 13.2 Å². The maximum atomic E-state index is 12.5. The first-order chi connectivity index (χ1) is 10.3. The Labute approximate surface area is 131 Å². The molecule has 1 amide bonds. The fourth-order valence-corrected chi connectivity index (χ4v) is 3.28. The van der Waals surface area contributed by atoms with Crippen LogP contribution in [0.1, 0.15) is 11.6 Å². The average Bonchev–Trinajstić information content (AvgIpc) is 2.48. The van der Waals surface area contributed by atoms with Crippen molar-refractivity contribution < 1.29 is 13.2 Å². The molecule has 0 aliphatic carbocycles. The highest BCUT2D eigenvalue weighted by molar-refractivity contribution is 7.86. The summed E-state index contributed by atoms with van der Waals surface area (Å²) >= 11 is 0. The van der Waals surface area contributed by atoms with Crippen LogP contribution in [0.5, 0.6) is 0 Å². The van der Waals surface area contributed by atoms with Crippen LogP contribution in [0.4, 0.5) is 0 Å². The number of amides is 1. The zero-order valence-corrected chi connectivity index (χ0v) is 13.7. The van der Waals surface area contributed by atoms with Crippen LogP contribution in [0.25, 0.3) is 0 Å². The van der Waals surface area contributed by atoms with E-state index in [2.05, 4.69) is 0 Å². The first-order valence-electron chi connectivity index (χ1n) is 7.08. The number of benzene rings is 1. The molecule has 8 heteroatoms. The molecule has 1 atom stereocenters. The number of carbonyl (C=O) groups is 1. The van der Waals surface area contributed by atoms with Crippen molar-refractivity contribution in [2.24, 2.45) is 5.14 Å². The smallest absolute Gasteiger partial charge is 0.276 e. The van der Waals surface area contributed by atoms with Gasteiger partial charge in [-0.05, 0) is 5.56 Å². The molecule has 0 radical (unpaired) electrons. The predicted molar refractivity (Wildman–Crippen MR) is 84.1 cm³/mol. The van der Waals surface area contributed by atoms with Gasteiger partial charge in [-0.1, -0.05) is 30.3 Å². The molecular formula is C14H22N4O3S. The van der Waals surface area contributed by atoms with E-state index in [0.29, 0.717) is 26.2 Å². The second kappa shape index (κ2) is 6.74. The molecule has 1 aromatic rings. The maximum absolute atomic E-state index is 12.5. The molecular weight excluding hydrogens is 304 g/mol. The third-order valence-corrected chi connectivity index (χ3v) is 4.87. The average molecular weight is 326 g/mol. The normalized spacial score (nSPS) is 18.9. The van der Waals surface area contributed by atoms with Gasteiger partial charge >= 0.3 is 0 Å². The summed E-state index contributed by atoms with van der Waals surface area (Å²) in [5.41, 5.74) is 0.908. The molecule has 1 aliphatic rings. The van der Waals surface area contributed by atoms with E-state index in [1.807, 2.05) is 35.2 Å². The second-order valence-corrected chi connectivity index (χ2v) is 7.07. The first kappa shape index (κ1) is 16.9. The molecule has 1 unspecified atom stereocenters. The first-order valence-corrected chi connectivity index (χ1v) is 8.59. The van der Waals surface area contributed by atoms with E-state index in [4.69, 9.17) is 5.14 Å². The number of rotatable bonds is 4. The minimum absolute atomic E-state index is 0.0183. The maximum Gasteiger partial charge on any atom is 0.276 e. The van der Waals surface area contributed by atoms with Gasteiger partial charge in [-0.2, -0.15) is 12.7 Å². The highest BCUT2D eigenvalue weighted by Crippen LogP contribution is 2.24. The second-order valence-electron chi connectivity index (χ2n) is 5.53. The van der Waals surface area contributed by atoms with Crippen LogP contribution in [0, 0.1) is 0 Å². The summed E-state index contributed by atoms with van der Waals surface area (Å²) in [6.45, 7) is 1.52. The molecule has 0 saturated carbocycles. The molecule has 1 heterocycles. The molecule has 0 spiro atoms. The van der Waals surface area contributed by atoms with E-state index in [1.165, 1.54) is 4.31 Å². The zero-order valence-electron chi connectivity index (χ0n) is 12.8. The minimum atomic E-state index is -3.66. The molecule has 2 rings (SSSR count). The van der Waals surface area contributed by atoms with Gasteiger partial charge in [-0.3, -0.25) is 9.69 Å². The highest BCUT2D eigenvalue weighted by Gasteiger charge is 2.33. The molecule has 7 nitrogen and oxygen atoms in total. The molecule has 1 aromatic carbocycles. The van der Waals surface area contributed by atoms with Crippen LogP contribution in [0.3, 0.4) is 0 Å². The van der Waals surface area contributed by atoms with Crippen molar-refractivity contribution in [3.8, 4) is 0 Å². The van der Waals surface area contributed by atoms with Crippen molar-refractivity contribution in [2.45, 2.75) is 6.04 Å². The van der Waals surface area contributed by atoms with Gasteiger partial charge in [0.1, 0.15) is 6.04 Å². The Morgan fingerprint density at radius 1 is 1.14 bits per heavy atom. The third-order valence-electron chi connectivity index (χ3n) is 3.79. The van der Waals surface area contributed by atoms with Crippen LogP contribution in [0.15, 0.2) is 30.3 Å². The lowest BCUT2D eigenvalue weighted by molar-refractivity contribution is -0.135. The SMILES string of the molecule is CN(C)C(=O)C(c1ccccc1)N1CCN(S(N)(=O)=O)CC1. The van der Waals surface area contributed by atoms with Crippen LogP contribution >= 0.6 is 0 Å². The number of hydrogen-bond donors (Lipinski definition) is 1. The van der Waals surface area contributed by atoms with Gasteiger partial charge in [0, 0.05) is 40.3 Å². The summed E-state index contributed by atoms with van der Waals surface area (Å²) in [4.78, 5) is 16.1. The lowest BCUT2D eigenvalue weighted by Crippen LogP contribution is -2.53. The largest absolute Gasteiger partial charge is 0.347 e. The lowest BCUT2D eigenvalue weighted by Gasteiger charge is -2.38. The topological polar surface area (TPSA) is 86.9 Å². The summed E-state index contributed by atoms with van der Waals surface area (Å²) in [6.07, 6.45) is 0. The molecule has 0 aromatic heterocycles. The minimum Gasteiger partial charge on any atom is -0.347 e. The Balaban J connectivity index is 2.20. The Morgan fingerprint density at radius 2 is 1.68 bits per heavy atom. The standard InChI is InChI=1S/C14H22N4O3S/c1-16(2)14(19)13(12-6-4-3-5-7-12)17-8-10-18(11-9-17)22(15,20)21/h3-7,13H,8-11H2,1-2H3,(H2,15,20,21). The number of nitrogens with zero attached hydrogens (tertiary/aromatic N) is 3. The van der Waals surface area contributed by atoms with Crippen molar-refractivity contribution in [1.82, 2.24) is 14.1 Å². The van der Waals surface area contributed by atoms with Crippen LogP contribution in [-0.2, 0) is 15.0 Å². The quantitative estimate of drug-likeness (QED) is 0.818. The summed E-state index contributed by atoms with van der Waals surface area (Å²) in [5.74, 6) is -0.0183. The molecule has 1 saturated heterocycles. The number of piperazine rings is 1. The summed E-state index contributed by atoms with van der Waals surface area (Å²) < 4.78 is 24.0. The van der Waals surface area contributed by atoms with E-state index >= 15 is 0 Å². The summed E-state index contributed by atoms with van der Waals surface area (Å²) in [5, 5.41) is 5.16. The van der Waals surface area contributed by atoms with Gasteiger partial charge in [-0.25, -0.2) is 5.14 Å². The zero-order chi connectivity index (χ0) is 16.3. The Hall–Kier alpha value is -1.48. The van der Waals surface area contributed by atoms with Crippen LogP contribution < -0.4 is 5.14 Å². The molecule has 2 N–H and O–H groups in total. The number of nitrogens with two attached hydrogens (primary N) is 1. The Bertz CT molecular complexity index is 610. The monoisotopic (exact) mass is 326 g/mol. The third kappa shape index (κ3) is 3.83. The van der Waals surface area contributed by atoms with Gasteiger partial charge in [0.2, 0.25) is 5.91 Å². The number of carbonyl (C=O) groups excluding carboxylic acids is 1. The molecule has 22 heavy (non-hydrogen) atoms. The van der Waals surface area contributed by atoms with E-state index < -0.39 is 16.3 Å². The lowest BCUT2D eigenvalue weighted by atomic mass is 10.0. The summed E-state index contributed by atoms with van der Waals surface area (Å²) in [7, 11) is -0.223. The Kier molecular flexibility index (Phi) is 5.17. The molecule has 1 aliphatic heterocycles. The number of likely N-dealkylation sites (N-methyl/N-ethyl adjacent to an activating group) is 1. The van der Waals surface area contributed by atoms with Gasteiger partial charge in [-0.15, -0.1) is 0 Å². The van der Waals surface area contributed by atoms with Crippen molar-refractivity contribution in [3.05, 3.63) is 35.9 Å². The van der Waals surface area contributed by atoms with E-state index in [1.54, 1.807) is 19.0 Å². The van der Waals surface area contributed by atoms with E-state index in [-0.39, 0.29) is 5.91 Å². The van der Waals surface area contributed by atoms with Crippen LogP contribution in [-0.4, -0.2) is 68.7 Å². The summed E-state index contributed by atoms with van der Waals surface area (Å²) in [6, 6.07) is 9.12. The van der Waals surface area contributed by atoms with Crippen molar-refractivity contribution in [3.63, 3.8) is 0 Å².